The van der Waals surface area contributed by atoms with E-state index < -0.39 is 0 Å². The lowest BCUT2D eigenvalue weighted by atomic mass is 9.74. The summed E-state index contributed by atoms with van der Waals surface area (Å²) < 4.78 is 13.2. The van der Waals surface area contributed by atoms with E-state index in [0.717, 1.165) is 48.6 Å². The SMILES string of the molecule is COc1ccccc1-c1cc(C2CN3CCC2CC3COC(=O)Nc2ccc(C(C)C)cc2)n(C)n1. The summed E-state index contributed by atoms with van der Waals surface area (Å²) in [6.07, 6.45) is 1.79. The van der Waals surface area contributed by atoms with Crippen LogP contribution in [0.1, 0.15) is 49.8 Å². The van der Waals surface area contributed by atoms with Gasteiger partial charge in [-0.1, -0.05) is 38.1 Å². The zero-order chi connectivity index (χ0) is 25.2. The molecule has 2 aromatic carbocycles. The first-order valence-electron chi connectivity index (χ1n) is 12.9. The molecule has 3 aromatic rings. The van der Waals surface area contributed by atoms with Crippen molar-refractivity contribution < 1.29 is 14.3 Å². The minimum absolute atomic E-state index is 0.260. The van der Waals surface area contributed by atoms with Crippen LogP contribution in [-0.2, 0) is 11.8 Å². The summed E-state index contributed by atoms with van der Waals surface area (Å²) in [6, 6.07) is 18.4. The van der Waals surface area contributed by atoms with Crippen LogP contribution in [0.25, 0.3) is 11.3 Å². The molecule has 3 aliphatic heterocycles. The molecular weight excluding hydrogens is 452 g/mol. The maximum atomic E-state index is 12.4. The lowest BCUT2D eigenvalue weighted by Crippen LogP contribution is -2.54. The Bertz CT molecular complexity index is 1200. The average Bonchev–Trinajstić information content (AvgIpc) is 3.29. The molecule has 6 rings (SSSR count). The Labute approximate surface area is 213 Å². The molecule has 3 aliphatic rings. The van der Waals surface area contributed by atoms with Crippen LogP contribution in [0.5, 0.6) is 5.75 Å². The van der Waals surface area contributed by atoms with Gasteiger partial charge in [0.05, 0.1) is 12.8 Å². The third-order valence-corrected chi connectivity index (χ3v) is 7.79. The molecule has 1 amide bonds. The zero-order valence-electron chi connectivity index (χ0n) is 21.6. The number of ether oxygens (including phenoxy) is 2. The number of nitrogens with one attached hydrogen (secondary N) is 1. The summed E-state index contributed by atoms with van der Waals surface area (Å²) in [5.41, 5.74) is 5.22. The second kappa shape index (κ2) is 10.3. The Kier molecular flexibility index (Phi) is 7.01. The maximum absolute atomic E-state index is 12.4. The molecule has 0 saturated carbocycles. The summed E-state index contributed by atoms with van der Waals surface area (Å²) in [4.78, 5) is 14.9. The number of anilines is 1. The number of aromatic nitrogens is 2. The third kappa shape index (κ3) is 4.98. The van der Waals surface area contributed by atoms with Gasteiger partial charge >= 0.3 is 6.09 Å². The standard InChI is InChI=1S/C29H36N4O3/c1-19(2)20-9-11-22(12-10-20)30-29(34)36-18-23-15-21-13-14-33(23)17-25(21)27-16-26(31-32(27)3)24-7-5-6-8-28(24)35-4/h5-12,16,19,21,23,25H,13-15,17-18H2,1-4H3,(H,30,34). The molecule has 3 fully saturated rings. The first-order chi connectivity index (χ1) is 17.4. The fraction of sp³-hybridized carbons (Fsp3) is 0.448. The Balaban J connectivity index is 1.20. The smallest absolute Gasteiger partial charge is 0.411 e. The quantitative estimate of drug-likeness (QED) is 0.466. The van der Waals surface area contributed by atoms with Gasteiger partial charge < -0.3 is 9.47 Å². The van der Waals surface area contributed by atoms with Crippen LogP contribution in [0.15, 0.2) is 54.6 Å². The number of hydrogen-bond donors (Lipinski definition) is 1. The van der Waals surface area contributed by atoms with Crippen LogP contribution < -0.4 is 10.1 Å². The van der Waals surface area contributed by atoms with Crippen molar-refractivity contribution in [3.05, 3.63) is 65.9 Å². The first kappa shape index (κ1) is 24.4. The number of benzene rings is 2. The molecule has 1 N–H and O–H groups in total. The molecule has 1 aromatic heterocycles. The number of fused-ring (bicyclic) bond motifs is 3. The van der Waals surface area contributed by atoms with Crippen LogP contribution in [-0.4, -0.2) is 53.6 Å². The largest absolute Gasteiger partial charge is 0.496 e. The number of amides is 1. The molecule has 0 spiro atoms. The van der Waals surface area contributed by atoms with E-state index in [1.807, 2.05) is 54.2 Å². The van der Waals surface area contributed by atoms with Gasteiger partial charge in [-0.05, 0) is 67.1 Å². The minimum Gasteiger partial charge on any atom is -0.496 e. The minimum atomic E-state index is -0.389. The molecule has 3 saturated heterocycles. The van der Waals surface area contributed by atoms with Gasteiger partial charge in [-0.3, -0.25) is 14.9 Å². The highest BCUT2D eigenvalue weighted by molar-refractivity contribution is 5.84. The number of nitrogens with zero attached hydrogens (tertiary/aromatic N) is 3. The van der Waals surface area contributed by atoms with Gasteiger partial charge in [0, 0.05) is 42.5 Å². The fourth-order valence-corrected chi connectivity index (χ4v) is 5.74. The number of rotatable bonds is 7. The van der Waals surface area contributed by atoms with Crippen LogP contribution >= 0.6 is 0 Å². The van der Waals surface area contributed by atoms with Crippen molar-refractivity contribution in [1.29, 1.82) is 0 Å². The summed E-state index contributed by atoms with van der Waals surface area (Å²) in [5.74, 6) is 2.27. The third-order valence-electron chi connectivity index (χ3n) is 7.79. The summed E-state index contributed by atoms with van der Waals surface area (Å²) in [6.45, 7) is 6.73. The number of carbonyl (C=O) groups is 1. The zero-order valence-corrected chi connectivity index (χ0v) is 21.6. The Morgan fingerprint density at radius 2 is 1.94 bits per heavy atom. The van der Waals surface area contributed by atoms with Gasteiger partial charge in [0.25, 0.3) is 0 Å². The van der Waals surface area contributed by atoms with E-state index in [-0.39, 0.29) is 12.1 Å². The maximum Gasteiger partial charge on any atom is 0.411 e. The normalized spacial score (nSPS) is 23.0. The summed E-state index contributed by atoms with van der Waals surface area (Å²) in [5, 5.41) is 7.68. The van der Waals surface area contributed by atoms with Gasteiger partial charge in [-0.2, -0.15) is 5.10 Å². The van der Waals surface area contributed by atoms with Crippen molar-refractivity contribution in [3.63, 3.8) is 0 Å². The molecule has 0 radical (unpaired) electrons. The molecule has 4 atom stereocenters. The van der Waals surface area contributed by atoms with Crippen molar-refractivity contribution in [3.8, 4) is 17.0 Å². The Morgan fingerprint density at radius 1 is 1.17 bits per heavy atom. The van der Waals surface area contributed by atoms with E-state index in [9.17, 15) is 4.79 Å². The summed E-state index contributed by atoms with van der Waals surface area (Å²) >= 11 is 0. The molecule has 190 valence electrons. The van der Waals surface area contributed by atoms with Crippen molar-refractivity contribution >= 4 is 11.8 Å². The highest BCUT2D eigenvalue weighted by Gasteiger charge is 2.42. The molecule has 4 heterocycles. The molecule has 36 heavy (non-hydrogen) atoms. The van der Waals surface area contributed by atoms with Gasteiger partial charge in [-0.15, -0.1) is 0 Å². The van der Waals surface area contributed by atoms with Crippen molar-refractivity contribution in [2.24, 2.45) is 13.0 Å². The van der Waals surface area contributed by atoms with E-state index in [0.29, 0.717) is 24.4 Å². The van der Waals surface area contributed by atoms with E-state index in [1.165, 1.54) is 11.3 Å². The lowest BCUT2D eigenvalue weighted by molar-refractivity contribution is -0.00222. The number of hydrogen-bond acceptors (Lipinski definition) is 5. The van der Waals surface area contributed by atoms with Crippen LogP contribution in [0, 0.1) is 5.92 Å². The molecule has 0 aliphatic carbocycles. The van der Waals surface area contributed by atoms with Gasteiger partial charge in [-0.25, -0.2) is 4.79 Å². The lowest BCUT2D eigenvalue weighted by Gasteiger charge is -2.49. The van der Waals surface area contributed by atoms with E-state index >= 15 is 0 Å². The van der Waals surface area contributed by atoms with Crippen LogP contribution in [0.3, 0.4) is 0 Å². The highest BCUT2D eigenvalue weighted by atomic mass is 16.5. The first-order valence-corrected chi connectivity index (χ1v) is 12.9. The average molecular weight is 489 g/mol. The van der Waals surface area contributed by atoms with Crippen molar-refractivity contribution in [2.45, 2.75) is 44.6 Å². The summed E-state index contributed by atoms with van der Waals surface area (Å²) in [7, 11) is 3.73. The molecule has 7 nitrogen and oxygen atoms in total. The Morgan fingerprint density at radius 3 is 2.64 bits per heavy atom. The number of piperidine rings is 3. The fourth-order valence-electron chi connectivity index (χ4n) is 5.74. The second-order valence-corrected chi connectivity index (χ2v) is 10.3. The monoisotopic (exact) mass is 488 g/mol. The number of para-hydroxylation sites is 1. The van der Waals surface area contributed by atoms with Crippen LogP contribution in [0.2, 0.25) is 0 Å². The predicted molar refractivity (Wildman–Crippen MR) is 142 cm³/mol. The molecule has 7 heteroatoms. The molecule has 2 bridgehead atoms. The van der Waals surface area contributed by atoms with Gasteiger partial charge in [0.15, 0.2) is 0 Å². The highest BCUT2D eigenvalue weighted by Crippen LogP contribution is 2.43. The predicted octanol–water partition coefficient (Wildman–Crippen LogP) is 5.65. The van der Waals surface area contributed by atoms with Gasteiger partial charge in [0.2, 0.25) is 0 Å². The van der Waals surface area contributed by atoms with E-state index in [2.05, 4.69) is 36.2 Å². The van der Waals surface area contributed by atoms with E-state index in [1.54, 1.807) is 7.11 Å². The second-order valence-electron chi connectivity index (χ2n) is 10.3. The Hall–Kier alpha value is -3.32. The topological polar surface area (TPSA) is 68.6 Å². The molecule has 4 unspecified atom stereocenters. The van der Waals surface area contributed by atoms with E-state index in [4.69, 9.17) is 14.6 Å². The van der Waals surface area contributed by atoms with Crippen molar-refractivity contribution in [2.75, 3.05) is 32.1 Å². The number of methoxy groups -OCH3 is 1. The van der Waals surface area contributed by atoms with Crippen LogP contribution in [0.4, 0.5) is 10.5 Å². The van der Waals surface area contributed by atoms with Crippen molar-refractivity contribution in [1.82, 2.24) is 14.7 Å². The van der Waals surface area contributed by atoms with Gasteiger partial charge in [0.1, 0.15) is 12.4 Å². The number of carbonyl (C=O) groups excluding carboxylic acids is 1. The molecular formula is C29H36N4O3. The number of aryl methyl sites for hydroxylation is 1.